The van der Waals surface area contributed by atoms with Gasteiger partial charge >= 0.3 is 5.97 Å². The Balaban J connectivity index is 4.58. The Kier molecular flexibility index (Phi) is 55.9. The van der Waals surface area contributed by atoms with Crippen molar-refractivity contribution in [2.75, 3.05) is 6.61 Å². The van der Waals surface area contributed by atoms with Gasteiger partial charge in [0.15, 0.2) is 0 Å². The quantitative estimate of drug-likeness (QED) is 0.0321. The first-order chi connectivity index (χ1) is 34.5. The van der Waals surface area contributed by atoms with Gasteiger partial charge in [-0.3, -0.25) is 9.59 Å². The Morgan fingerprint density at radius 1 is 0.414 bits per heavy atom. The van der Waals surface area contributed by atoms with Crippen LogP contribution in [0, 0.1) is 0 Å². The second kappa shape index (κ2) is 57.7. The van der Waals surface area contributed by atoms with Gasteiger partial charge < -0.3 is 20.3 Å². The van der Waals surface area contributed by atoms with Crippen LogP contribution in [0.3, 0.4) is 0 Å². The van der Waals surface area contributed by atoms with Crippen LogP contribution in [-0.4, -0.2) is 46.9 Å². The average molecular weight is 983 g/mol. The number of carbonyl (C=O) groups is 2. The Hall–Kier alpha value is -2.18. The van der Waals surface area contributed by atoms with Gasteiger partial charge in [0.2, 0.25) is 5.91 Å². The smallest absolute Gasteiger partial charge is 0.306 e. The highest BCUT2D eigenvalue weighted by atomic mass is 16.5. The molecule has 0 radical (unpaired) electrons. The van der Waals surface area contributed by atoms with Gasteiger partial charge in [-0.05, 0) is 89.9 Å². The number of hydrogen-bond acceptors (Lipinski definition) is 5. The fourth-order valence-corrected chi connectivity index (χ4v) is 9.43. The second-order valence-corrected chi connectivity index (χ2v) is 21.1. The summed E-state index contributed by atoms with van der Waals surface area (Å²) in [6, 6.07) is -0.712. The van der Waals surface area contributed by atoms with Crippen molar-refractivity contribution in [1.82, 2.24) is 5.32 Å². The third-order valence-electron chi connectivity index (χ3n) is 14.1. The number of unbranched alkanes of at least 4 members (excludes halogenated alkanes) is 36. The van der Waals surface area contributed by atoms with E-state index in [1.807, 2.05) is 0 Å². The number of esters is 1. The number of carbonyl (C=O) groups excluding carboxylic acids is 2. The molecule has 3 unspecified atom stereocenters. The SMILES string of the molecule is CCCCC/C=C\C/C=C\C/C=C\CCCCCCC(CC(=O)NC(CO)C(O)CCCCCCCCCCCCCCCCCC)OC(=O)CCCCCCC/C=C/CCCCCCCCCCC. The molecular weight excluding hydrogens is 863 g/mol. The van der Waals surface area contributed by atoms with Crippen LogP contribution in [0.15, 0.2) is 48.6 Å². The number of allylic oxidation sites excluding steroid dienone is 8. The predicted octanol–water partition coefficient (Wildman–Crippen LogP) is 19.4. The van der Waals surface area contributed by atoms with Gasteiger partial charge in [-0.1, -0.05) is 268 Å². The molecule has 3 atom stereocenters. The molecule has 70 heavy (non-hydrogen) atoms. The van der Waals surface area contributed by atoms with Crippen molar-refractivity contribution >= 4 is 11.9 Å². The van der Waals surface area contributed by atoms with E-state index < -0.39 is 18.2 Å². The summed E-state index contributed by atoms with van der Waals surface area (Å²) in [5.74, 6) is -0.492. The van der Waals surface area contributed by atoms with Crippen LogP contribution in [0.5, 0.6) is 0 Å². The molecule has 1 amide bonds. The van der Waals surface area contributed by atoms with E-state index in [4.69, 9.17) is 4.74 Å². The van der Waals surface area contributed by atoms with Crippen molar-refractivity contribution in [2.45, 2.75) is 341 Å². The van der Waals surface area contributed by atoms with E-state index in [9.17, 15) is 19.8 Å². The number of aliphatic hydroxyl groups is 2. The molecule has 410 valence electrons. The van der Waals surface area contributed by atoms with Gasteiger partial charge in [-0.15, -0.1) is 0 Å². The topological polar surface area (TPSA) is 95.9 Å². The van der Waals surface area contributed by atoms with Crippen LogP contribution in [0.4, 0.5) is 0 Å². The summed E-state index contributed by atoms with van der Waals surface area (Å²) in [6.45, 7) is 6.49. The largest absolute Gasteiger partial charge is 0.462 e. The van der Waals surface area contributed by atoms with Crippen molar-refractivity contribution in [3.05, 3.63) is 48.6 Å². The van der Waals surface area contributed by atoms with Crippen molar-refractivity contribution in [1.29, 1.82) is 0 Å². The lowest BCUT2D eigenvalue weighted by Gasteiger charge is -2.24. The Labute approximate surface area is 436 Å². The van der Waals surface area contributed by atoms with Crippen LogP contribution < -0.4 is 5.32 Å². The van der Waals surface area contributed by atoms with Crippen LogP contribution >= 0.6 is 0 Å². The molecular formula is C64H119NO5. The summed E-state index contributed by atoms with van der Waals surface area (Å²) in [7, 11) is 0. The highest BCUT2D eigenvalue weighted by Crippen LogP contribution is 2.18. The summed E-state index contributed by atoms with van der Waals surface area (Å²) >= 11 is 0. The maximum absolute atomic E-state index is 13.3. The van der Waals surface area contributed by atoms with E-state index >= 15 is 0 Å². The van der Waals surface area contributed by atoms with Gasteiger partial charge in [0.1, 0.15) is 6.10 Å². The van der Waals surface area contributed by atoms with E-state index in [2.05, 4.69) is 74.7 Å². The van der Waals surface area contributed by atoms with Crippen LogP contribution in [0.2, 0.25) is 0 Å². The molecule has 6 heteroatoms. The first kappa shape index (κ1) is 67.8. The first-order valence-electron chi connectivity index (χ1n) is 30.9. The fraction of sp³-hybridized carbons (Fsp3) is 0.844. The third-order valence-corrected chi connectivity index (χ3v) is 14.1. The molecule has 0 fully saturated rings. The Morgan fingerprint density at radius 2 is 0.729 bits per heavy atom. The summed E-state index contributed by atoms with van der Waals surface area (Å²) < 4.78 is 5.97. The Morgan fingerprint density at radius 3 is 1.14 bits per heavy atom. The van der Waals surface area contributed by atoms with Crippen molar-refractivity contribution in [3.63, 3.8) is 0 Å². The maximum Gasteiger partial charge on any atom is 0.306 e. The normalized spacial score (nSPS) is 13.4. The molecule has 0 heterocycles. The minimum absolute atomic E-state index is 0.0611. The molecule has 0 saturated carbocycles. The monoisotopic (exact) mass is 982 g/mol. The lowest BCUT2D eigenvalue weighted by atomic mass is 10.0. The zero-order valence-electron chi connectivity index (χ0n) is 46.9. The summed E-state index contributed by atoms with van der Waals surface area (Å²) in [5, 5.41) is 23.9. The number of nitrogens with one attached hydrogen (secondary N) is 1. The molecule has 0 bridgehead atoms. The highest BCUT2D eigenvalue weighted by Gasteiger charge is 2.24. The van der Waals surface area contributed by atoms with E-state index in [0.29, 0.717) is 19.3 Å². The summed E-state index contributed by atoms with van der Waals surface area (Å²) in [5.41, 5.74) is 0. The van der Waals surface area contributed by atoms with Gasteiger partial charge in [0.05, 0.1) is 25.2 Å². The number of rotatable bonds is 56. The second-order valence-electron chi connectivity index (χ2n) is 21.1. The van der Waals surface area contributed by atoms with Crippen molar-refractivity contribution in [3.8, 4) is 0 Å². The van der Waals surface area contributed by atoms with Gasteiger partial charge in [0, 0.05) is 6.42 Å². The molecule has 0 aromatic carbocycles. The number of aliphatic hydroxyl groups excluding tert-OH is 2. The lowest BCUT2D eigenvalue weighted by molar-refractivity contribution is -0.151. The van der Waals surface area contributed by atoms with Crippen molar-refractivity contribution < 1.29 is 24.5 Å². The lowest BCUT2D eigenvalue weighted by Crippen LogP contribution is -2.46. The van der Waals surface area contributed by atoms with Gasteiger partial charge in [0.25, 0.3) is 0 Å². The fourth-order valence-electron chi connectivity index (χ4n) is 9.43. The molecule has 3 N–H and O–H groups in total. The number of ether oxygens (including phenoxy) is 1. The zero-order chi connectivity index (χ0) is 50.9. The standard InChI is InChI=1S/C64H119NO5/c1-4-7-10-13-16-19-22-25-28-31-33-36-39-42-45-48-51-54-57-64(69)70-60(55-52-49-46-43-40-37-34-32-29-26-23-20-17-14-11-8-5-2)58-63(68)65-61(59-66)62(67)56-53-50-47-44-41-38-35-30-27-24-21-18-15-12-9-6-3/h17,20,26,29,33-34,36-37,60-62,66-67H,4-16,18-19,21-25,27-28,30-32,35,38-59H2,1-3H3,(H,65,68)/b20-17-,29-26-,36-33+,37-34-. The van der Waals surface area contributed by atoms with E-state index in [0.717, 1.165) is 89.9 Å². The van der Waals surface area contributed by atoms with Gasteiger partial charge in [-0.2, -0.15) is 0 Å². The van der Waals surface area contributed by atoms with Crippen LogP contribution in [0.25, 0.3) is 0 Å². The molecule has 0 aromatic heterocycles. The van der Waals surface area contributed by atoms with Crippen molar-refractivity contribution in [2.24, 2.45) is 0 Å². The number of hydrogen-bond donors (Lipinski definition) is 3. The molecule has 0 aliphatic rings. The molecule has 0 aliphatic heterocycles. The Bertz CT molecular complexity index is 1190. The van der Waals surface area contributed by atoms with E-state index in [-0.39, 0.29) is 24.9 Å². The maximum atomic E-state index is 13.3. The molecule has 0 saturated heterocycles. The van der Waals surface area contributed by atoms with E-state index in [1.165, 1.54) is 186 Å². The number of amides is 1. The van der Waals surface area contributed by atoms with Gasteiger partial charge in [-0.25, -0.2) is 0 Å². The van der Waals surface area contributed by atoms with E-state index in [1.54, 1.807) is 0 Å². The van der Waals surface area contributed by atoms with Crippen LogP contribution in [-0.2, 0) is 14.3 Å². The summed E-state index contributed by atoms with van der Waals surface area (Å²) in [6.07, 6.45) is 71.8. The minimum atomic E-state index is -0.797. The molecule has 0 aromatic rings. The summed E-state index contributed by atoms with van der Waals surface area (Å²) in [4.78, 5) is 26.3. The minimum Gasteiger partial charge on any atom is -0.462 e. The molecule has 0 spiro atoms. The van der Waals surface area contributed by atoms with Crippen LogP contribution in [0.1, 0.15) is 323 Å². The predicted molar refractivity (Wildman–Crippen MR) is 305 cm³/mol. The first-order valence-corrected chi connectivity index (χ1v) is 30.9. The molecule has 6 nitrogen and oxygen atoms in total. The highest BCUT2D eigenvalue weighted by molar-refractivity contribution is 5.77. The molecule has 0 rings (SSSR count). The molecule has 0 aliphatic carbocycles. The average Bonchev–Trinajstić information content (AvgIpc) is 3.35. The zero-order valence-corrected chi connectivity index (χ0v) is 46.9. The third kappa shape index (κ3) is 52.2.